The molecule has 31 heavy (non-hydrogen) atoms. The van der Waals surface area contributed by atoms with Gasteiger partial charge in [0.25, 0.3) is 0 Å². The van der Waals surface area contributed by atoms with Crippen molar-refractivity contribution in [1.82, 2.24) is 25.1 Å². The van der Waals surface area contributed by atoms with E-state index in [1.165, 1.54) is 6.92 Å². The molecule has 4 aromatic rings. The second kappa shape index (κ2) is 8.73. The Kier molecular flexibility index (Phi) is 5.86. The number of fused-ring (bicyclic) bond motifs is 1. The maximum Gasteiger partial charge on any atom is 0.217 e. The van der Waals surface area contributed by atoms with E-state index in [1.54, 1.807) is 18.5 Å². The second-order valence-corrected chi connectivity index (χ2v) is 7.63. The van der Waals surface area contributed by atoms with Gasteiger partial charge in [-0.05, 0) is 31.2 Å². The van der Waals surface area contributed by atoms with E-state index < -0.39 is 0 Å². The minimum absolute atomic E-state index is 0.134. The first kappa shape index (κ1) is 20.8. The highest BCUT2D eigenvalue weighted by Gasteiger charge is 2.15. The van der Waals surface area contributed by atoms with Crippen LogP contribution in [0.25, 0.3) is 22.2 Å². The van der Waals surface area contributed by atoms with Crippen LogP contribution in [-0.2, 0) is 25.0 Å². The number of rotatable bonds is 6. The maximum atomic E-state index is 11.3. The van der Waals surface area contributed by atoms with Gasteiger partial charge in [0.05, 0.1) is 23.0 Å². The number of ether oxygens (including phenoxy) is 1. The van der Waals surface area contributed by atoms with E-state index in [0.717, 1.165) is 33.4 Å². The molecule has 0 atom stereocenters. The molecule has 1 aromatic carbocycles. The van der Waals surface area contributed by atoms with Gasteiger partial charge in [0, 0.05) is 48.6 Å². The van der Waals surface area contributed by atoms with Crippen molar-refractivity contribution in [2.45, 2.75) is 27.0 Å². The van der Waals surface area contributed by atoms with Crippen LogP contribution in [0.15, 0.2) is 48.8 Å². The average molecular weight is 436 g/mol. The fraction of sp³-hybridized carbons (Fsp3) is 0.217. The Hall–Kier alpha value is -3.45. The number of nitrogens with one attached hydrogen (secondary N) is 1. The van der Waals surface area contributed by atoms with Gasteiger partial charge in [-0.15, -0.1) is 0 Å². The van der Waals surface area contributed by atoms with Crippen LogP contribution in [0.1, 0.15) is 23.9 Å². The number of hydrogen-bond acceptors (Lipinski definition) is 5. The van der Waals surface area contributed by atoms with E-state index in [-0.39, 0.29) is 19.1 Å². The molecule has 3 heterocycles. The summed E-state index contributed by atoms with van der Waals surface area (Å²) in [5.41, 5.74) is 5.09. The fourth-order valence-electron chi connectivity index (χ4n) is 3.49. The van der Waals surface area contributed by atoms with Crippen LogP contribution in [0.2, 0.25) is 5.02 Å². The van der Waals surface area contributed by atoms with Crippen LogP contribution in [0.3, 0.4) is 0 Å². The van der Waals surface area contributed by atoms with Crippen molar-refractivity contribution in [3.05, 3.63) is 70.8 Å². The third kappa shape index (κ3) is 4.36. The lowest BCUT2D eigenvalue weighted by Crippen LogP contribution is -2.21. The van der Waals surface area contributed by atoms with Gasteiger partial charge in [0.1, 0.15) is 17.9 Å². The van der Waals surface area contributed by atoms with E-state index in [1.807, 2.05) is 49.0 Å². The van der Waals surface area contributed by atoms with Crippen LogP contribution in [-0.4, -0.2) is 25.7 Å². The predicted octanol–water partition coefficient (Wildman–Crippen LogP) is 4.21. The van der Waals surface area contributed by atoms with Crippen LogP contribution >= 0.6 is 11.6 Å². The summed E-state index contributed by atoms with van der Waals surface area (Å²) in [7, 11) is 1.91. The predicted molar refractivity (Wildman–Crippen MR) is 120 cm³/mol. The third-order valence-electron chi connectivity index (χ3n) is 4.99. The quantitative estimate of drug-likeness (QED) is 0.490. The topological polar surface area (TPSA) is 81.9 Å². The number of halogens is 1. The molecular formula is C23H22ClN5O2. The molecule has 0 saturated carbocycles. The molecule has 0 bridgehead atoms. The zero-order valence-electron chi connectivity index (χ0n) is 17.5. The van der Waals surface area contributed by atoms with E-state index >= 15 is 0 Å². The van der Waals surface area contributed by atoms with Gasteiger partial charge in [0.15, 0.2) is 0 Å². The summed E-state index contributed by atoms with van der Waals surface area (Å²) in [5, 5.41) is 8.56. The Morgan fingerprint density at radius 1 is 1.23 bits per heavy atom. The van der Waals surface area contributed by atoms with Crippen LogP contribution in [0, 0.1) is 6.92 Å². The molecule has 7 nitrogen and oxygen atoms in total. The van der Waals surface area contributed by atoms with Crippen LogP contribution in [0.5, 0.6) is 5.75 Å². The van der Waals surface area contributed by atoms with Gasteiger partial charge in [-0.3, -0.25) is 14.5 Å². The molecule has 0 aliphatic rings. The van der Waals surface area contributed by atoms with Gasteiger partial charge in [-0.25, -0.2) is 4.98 Å². The Bertz CT molecular complexity index is 1270. The molecular weight excluding hydrogens is 414 g/mol. The Morgan fingerprint density at radius 3 is 2.81 bits per heavy atom. The lowest BCUT2D eigenvalue weighted by Gasteiger charge is -2.15. The van der Waals surface area contributed by atoms with Gasteiger partial charge < -0.3 is 10.1 Å². The molecule has 1 amide bonds. The average Bonchev–Trinajstić information content (AvgIpc) is 3.16. The summed E-state index contributed by atoms with van der Waals surface area (Å²) in [4.78, 5) is 20.4. The number of carbonyl (C=O) groups excluding carboxylic acids is 1. The number of hydrogen-bond donors (Lipinski definition) is 1. The lowest BCUT2D eigenvalue weighted by atomic mass is 10.0. The summed E-state index contributed by atoms with van der Waals surface area (Å²) >= 11 is 6.41. The van der Waals surface area contributed by atoms with Crippen LogP contribution in [0.4, 0.5) is 0 Å². The number of aromatic nitrogens is 4. The number of para-hydroxylation sites is 1. The highest BCUT2D eigenvalue weighted by atomic mass is 35.5. The number of amides is 1. The van der Waals surface area contributed by atoms with Crippen molar-refractivity contribution < 1.29 is 9.53 Å². The van der Waals surface area contributed by atoms with Crippen molar-refractivity contribution >= 4 is 28.4 Å². The maximum absolute atomic E-state index is 11.3. The number of pyridine rings is 2. The normalized spacial score (nSPS) is 11.0. The largest absolute Gasteiger partial charge is 0.486 e. The number of aryl methyl sites for hydroxylation is 2. The molecule has 8 heteroatoms. The molecule has 0 aliphatic carbocycles. The monoisotopic (exact) mass is 435 g/mol. The smallest absolute Gasteiger partial charge is 0.217 e. The highest BCUT2D eigenvalue weighted by Crippen LogP contribution is 2.33. The van der Waals surface area contributed by atoms with Crippen LogP contribution < -0.4 is 10.1 Å². The first-order chi connectivity index (χ1) is 14.9. The number of carbonyl (C=O) groups is 1. The first-order valence-corrected chi connectivity index (χ1v) is 10.2. The molecule has 0 aliphatic heterocycles. The van der Waals surface area contributed by atoms with Crippen molar-refractivity contribution in [2.24, 2.45) is 7.05 Å². The fourth-order valence-corrected chi connectivity index (χ4v) is 3.71. The zero-order chi connectivity index (χ0) is 22.0. The Balaban J connectivity index is 1.70. The van der Waals surface area contributed by atoms with Crippen molar-refractivity contribution in [3.8, 4) is 17.0 Å². The number of nitrogens with zero attached hydrogens (tertiary/aromatic N) is 4. The van der Waals surface area contributed by atoms with Gasteiger partial charge >= 0.3 is 0 Å². The molecule has 0 saturated heterocycles. The van der Waals surface area contributed by atoms with Gasteiger partial charge in [-0.1, -0.05) is 23.7 Å². The molecule has 1 N–H and O–H groups in total. The Labute approximate surface area is 185 Å². The summed E-state index contributed by atoms with van der Waals surface area (Å²) in [5.74, 6) is 0.514. The molecule has 0 fully saturated rings. The molecule has 158 valence electrons. The first-order valence-electron chi connectivity index (χ1n) is 9.82. The van der Waals surface area contributed by atoms with Crippen molar-refractivity contribution in [3.63, 3.8) is 0 Å². The minimum atomic E-state index is -0.134. The summed E-state index contributed by atoms with van der Waals surface area (Å²) < 4.78 is 8.01. The molecule has 3 aromatic heterocycles. The van der Waals surface area contributed by atoms with E-state index in [2.05, 4.69) is 15.4 Å². The van der Waals surface area contributed by atoms with Gasteiger partial charge in [0.2, 0.25) is 5.91 Å². The summed E-state index contributed by atoms with van der Waals surface area (Å²) in [6, 6.07) is 11.6. The highest BCUT2D eigenvalue weighted by molar-refractivity contribution is 6.31. The van der Waals surface area contributed by atoms with Crippen molar-refractivity contribution in [2.75, 3.05) is 0 Å². The Morgan fingerprint density at radius 2 is 2.06 bits per heavy atom. The second-order valence-electron chi connectivity index (χ2n) is 7.22. The standard InChI is InChI=1S/C23H22ClN5O2/c1-14-11-17(21-8-10-27-29(21)3)16-5-4-6-22(23(16)28-14)31-13-18-19(24)7-9-25-20(18)12-26-15(2)30/h4-11H,12-13H2,1-3H3,(H,26,30). The van der Waals surface area contributed by atoms with Gasteiger partial charge in [-0.2, -0.15) is 5.10 Å². The summed E-state index contributed by atoms with van der Waals surface area (Å²) in [6.45, 7) is 3.91. The third-order valence-corrected chi connectivity index (χ3v) is 5.35. The van der Waals surface area contributed by atoms with E-state index in [4.69, 9.17) is 21.3 Å². The van der Waals surface area contributed by atoms with E-state index in [9.17, 15) is 4.79 Å². The summed E-state index contributed by atoms with van der Waals surface area (Å²) in [6.07, 6.45) is 3.39. The van der Waals surface area contributed by atoms with E-state index in [0.29, 0.717) is 16.5 Å². The van der Waals surface area contributed by atoms with Crippen molar-refractivity contribution in [1.29, 1.82) is 0 Å². The molecule has 0 radical (unpaired) electrons. The lowest BCUT2D eigenvalue weighted by molar-refractivity contribution is -0.119. The number of benzene rings is 1. The molecule has 0 spiro atoms. The SMILES string of the molecule is CC(=O)NCc1nccc(Cl)c1COc1cccc2c(-c3ccnn3C)cc(C)nc12. The molecule has 0 unspecified atom stereocenters. The minimum Gasteiger partial charge on any atom is -0.486 e. The zero-order valence-corrected chi connectivity index (χ0v) is 18.3. The molecule has 4 rings (SSSR count).